The molecular weight excluding hydrogens is 661 g/mol. The van der Waals surface area contributed by atoms with Crippen molar-refractivity contribution in [2.45, 2.75) is 0 Å². The number of hydrogen-bond acceptors (Lipinski definition) is 4. The van der Waals surface area contributed by atoms with E-state index in [0.29, 0.717) is 17.5 Å². The lowest BCUT2D eigenvalue weighted by Gasteiger charge is -2.11. The van der Waals surface area contributed by atoms with Gasteiger partial charge in [-0.05, 0) is 75.5 Å². The van der Waals surface area contributed by atoms with Crippen LogP contribution in [0.5, 0.6) is 0 Å². The Kier molecular flexibility index (Phi) is 5.99. The molecule has 0 fully saturated rings. The summed E-state index contributed by atoms with van der Waals surface area (Å²) in [5, 5.41) is 6.82. The third kappa shape index (κ3) is 4.12. The van der Waals surface area contributed by atoms with Gasteiger partial charge in [-0.25, -0.2) is 15.0 Å². The summed E-state index contributed by atoms with van der Waals surface area (Å²) in [6.45, 7) is 0. The lowest BCUT2D eigenvalue weighted by Crippen LogP contribution is -2.01. The third-order valence-electron chi connectivity index (χ3n) is 11.0. The summed E-state index contributed by atoms with van der Waals surface area (Å²) in [5.41, 5.74) is 12.7. The second-order valence-electron chi connectivity index (χ2n) is 13.9. The summed E-state index contributed by atoms with van der Waals surface area (Å²) in [6, 6.07) is 59.5. The van der Waals surface area contributed by atoms with Crippen molar-refractivity contribution in [1.82, 2.24) is 19.5 Å². The summed E-state index contributed by atoms with van der Waals surface area (Å²) in [7, 11) is 0. The summed E-state index contributed by atoms with van der Waals surface area (Å²) >= 11 is 0. The number of benzene rings is 8. The molecule has 0 saturated carbocycles. The fourth-order valence-corrected chi connectivity index (χ4v) is 8.69. The minimum absolute atomic E-state index is 0.599. The van der Waals surface area contributed by atoms with Crippen LogP contribution in [0.2, 0.25) is 0 Å². The maximum absolute atomic E-state index is 6.64. The molecule has 54 heavy (non-hydrogen) atoms. The Balaban J connectivity index is 1.13. The zero-order chi connectivity index (χ0) is 35.3. The lowest BCUT2D eigenvalue weighted by atomic mass is 9.99. The average molecular weight is 689 g/mol. The van der Waals surface area contributed by atoms with Crippen molar-refractivity contribution >= 4 is 54.5 Å². The van der Waals surface area contributed by atoms with Gasteiger partial charge >= 0.3 is 0 Å². The van der Waals surface area contributed by atoms with E-state index in [4.69, 9.17) is 19.4 Å². The van der Waals surface area contributed by atoms with Crippen LogP contribution in [0, 0.1) is 0 Å². The molecule has 0 N–H and O–H groups in total. The minimum atomic E-state index is 0.599. The maximum atomic E-state index is 6.64. The van der Waals surface area contributed by atoms with Gasteiger partial charge in [-0.2, -0.15) is 0 Å². The first-order valence-corrected chi connectivity index (χ1v) is 18.2. The van der Waals surface area contributed by atoms with Crippen molar-refractivity contribution in [1.29, 1.82) is 0 Å². The van der Waals surface area contributed by atoms with Crippen LogP contribution in [-0.4, -0.2) is 19.5 Å². The Morgan fingerprint density at radius 2 is 0.963 bits per heavy atom. The van der Waals surface area contributed by atoms with Crippen molar-refractivity contribution < 1.29 is 4.42 Å². The number of furan rings is 1. The zero-order valence-corrected chi connectivity index (χ0v) is 28.9. The van der Waals surface area contributed by atoms with Gasteiger partial charge in [0.05, 0.1) is 11.0 Å². The topological polar surface area (TPSA) is 56.7 Å². The molecule has 1 aliphatic carbocycles. The lowest BCUT2D eigenvalue weighted by molar-refractivity contribution is 0.669. The van der Waals surface area contributed by atoms with Gasteiger partial charge < -0.3 is 8.98 Å². The van der Waals surface area contributed by atoms with Gasteiger partial charge in [-0.1, -0.05) is 127 Å². The molecule has 1 aliphatic rings. The van der Waals surface area contributed by atoms with Gasteiger partial charge in [0.25, 0.3) is 0 Å². The van der Waals surface area contributed by atoms with E-state index in [0.717, 1.165) is 66.1 Å². The highest BCUT2D eigenvalue weighted by Gasteiger charge is 2.25. The Morgan fingerprint density at radius 3 is 1.74 bits per heavy atom. The highest BCUT2D eigenvalue weighted by Crippen LogP contribution is 2.50. The molecule has 0 aliphatic heterocycles. The Hall–Kier alpha value is -7.37. The highest BCUT2D eigenvalue weighted by atomic mass is 16.3. The maximum Gasteiger partial charge on any atom is 0.164 e. The summed E-state index contributed by atoms with van der Waals surface area (Å²) in [6.07, 6.45) is 0. The van der Waals surface area contributed by atoms with E-state index in [1.807, 2.05) is 30.3 Å². The SMILES string of the molecule is c1ccc(-c2nc(-c3cccc4oc5cc6c(cc5c34)-c3cccc4cccc-6c34)nc(-c3cccc4c3c3ccccc3n4-c3ccccc3)n2)cc1. The minimum Gasteiger partial charge on any atom is -0.456 e. The Morgan fingerprint density at radius 1 is 0.370 bits per heavy atom. The van der Waals surface area contributed by atoms with Gasteiger partial charge in [-0.15, -0.1) is 0 Å². The molecule has 11 aromatic rings. The molecule has 0 unspecified atom stereocenters. The molecular formula is C49H28N4O. The van der Waals surface area contributed by atoms with E-state index >= 15 is 0 Å². The molecule has 0 saturated heterocycles. The summed E-state index contributed by atoms with van der Waals surface area (Å²) < 4.78 is 8.96. The monoisotopic (exact) mass is 688 g/mol. The van der Waals surface area contributed by atoms with Gasteiger partial charge in [0, 0.05) is 43.9 Å². The fraction of sp³-hybridized carbons (Fsp3) is 0. The number of nitrogens with zero attached hydrogens (tertiary/aromatic N) is 4. The average Bonchev–Trinajstić information content (AvgIpc) is 3.89. The molecule has 0 radical (unpaired) electrons. The number of aromatic nitrogens is 4. The van der Waals surface area contributed by atoms with Crippen LogP contribution in [0.15, 0.2) is 174 Å². The van der Waals surface area contributed by atoms with Gasteiger partial charge in [0.15, 0.2) is 17.5 Å². The smallest absolute Gasteiger partial charge is 0.164 e. The van der Waals surface area contributed by atoms with Crippen molar-refractivity contribution in [2.75, 3.05) is 0 Å². The van der Waals surface area contributed by atoms with E-state index in [2.05, 4.69) is 144 Å². The molecule has 3 aromatic heterocycles. The van der Waals surface area contributed by atoms with Crippen LogP contribution in [0.25, 0.3) is 117 Å². The van der Waals surface area contributed by atoms with E-state index in [-0.39, 0.29) is 0 Å². The summed E-state index contributed by atoms with van der Waals surface area (Å²) in [4.78, 5) is 15.7. The summed E-state index contributed by atoms with van der Waals surface area (Å²) in [5.74, 6) is 1.84. The second kappa shape index (κ2) is 11.1. The molecule has 250 valence electrons. The molecule has 0 spiro atoms. The standard InChI is InChI=1S/C49H28N4O/c1-3-13-30(14-4-1)47-50-48(35-22-11-25-41-45(35)34-19-7-8-24-40(34)53(41)31-17-5-2-6-18-31)52-49(51-47)36-23-12-26-42-46(36)39-27-37-32-20-9-15-29-16-10-21-33(44(29)32)38(37)28-43(39)54-42/h1-28H. The van der Waals surface area contributed by atoms with Crippen molar-refractivity contribution in [3.8, 4) is 62.1 Å². The van der Waals surface area contributed by atoms with Crippen LogP contribution in [0.3, 0.4) is 0 Å². The Labute approximate surface area is 309 Å². The van der Waals surface area contributed by atoms with Crippen LogP contribution in [0.4, 0.5) is 0 Å². The normalized spacial score (nSPS) is 12.1. The first-order valence-electron chi connectivity index (χ1n) is 18.2. The fourth-order valence-electron chi connectivity index (χ4n) is 8.69. The molecule has 5 heteroatoms. The molecule has 0 atom stereocenters. The van der Waals surface area contributed by atoms with Gasteiger partial charge in [-0.3, -0.25) is 0 Å². The predicted octanol–water partition coefficient (Wildman–Crippen LogP) is 12.7. The van der Waals surface area contributed by atoms with Crippen LogP contribution in [0.1, 0.15) is 0 Å². The van der Waals surface area contributed by atoms with Crippen molar-refractivity contribution in [3.05, 3.63) is 170 Å². The number of rotatable bonds is 4. The highest BCUT2D eigenvalue weighted by molar-refractivity contribution is 6.21. The first-order chi connectivity index (χ1) is 26.8. The second-order valence-corrected chi connectivity index (χ2v) is 13.9. The molecule has 12 rings (SSSR count). The molecule has 0 amide bonds. The molecule has 5 nitrogen and oxygen atoms in total. The molecule has 3 heterocycles. The van der Waals surface area contributed by atoms with Crippen LogP contribution < -0.4 is 0 Å². The number of hydrogen-bond donors (Lipinski definition) is 0. The van der Waals surface area contributed by atoms with Crippen LogP contribution in [-0.2, 0) is 0 Å². The van der Waals surface area contributed by atoms with Crippen molar-refractivity contribution in [2.24, 2.45) is 0 Å². The number of fused-ring (bicyclic) bond motifs is 9. The predicted molar refractivity (Wildman–Crippen MR) is 220 cm³/mol. The quantitative estimate of drug-likeness (QED) is 0.185. The zero-order valence-electron chi connectivity index (χ0n) is 28.9. The first kappa shape index (κ1) is 29.2. The van der Waals surface area contributed by atoms with Crippen LogP contribution >= 0.6 is 0 Å². The third-order valence-corrected chi connectivity index (χ3v) is 11.0. The van der Waals surface area contributed by atoms with E-state index in [1.54, 1.807) is 0 Å². The van der Waals surface area contributed by atoms with Gasteiger partial charge in [0.1, 0.15) is 11.2 Å². The van der Waals surface area contributed by atoms with E-state index in [9.17, 15) is 0 Å². The number of para-hydroxylation sites is 2. The van der Waals surface area contributed by atoms with Crippen molar-refractivity contribution in [3.63, 3.8) is 0 Å². The van der Waals surface area contributed by atoms with E-state index in [1.165, 1.54) is 33.0 Å². The van der Waals surface area contributed by atoms with E-state index < -0.39 is 0 Å². The Bertz CT molecular complexity index is 3320. The molecule has 0 bridgehead atoms. The molecule has 8 aromatic carbocycles. The van der Waals surface area contributed by atoms with Gasteiger partial charge in [0.2, 0.25) is 0 Å². The largest absolute Gasteiger partial charge is 0.456 e.